The molecule has 15 heavy (non-hydrogen) atoms. The Labute approximate surface area is 86.3 Å². The van der Waals surface area contributed by atoms with Gasteiger partial charge < -0.3 is 5.32 Å². The molecule has 3 nitrogen and oxygen atoms in total. The van der Waals surface area contributed by atoms with E-state index in [1.54, 1.807) is 17.9 Å². The van der Waals surface area contributed by atoms with E-state index in [0.717, 1.165) is 5.56 Å². The highest BCUT2D eigenvalue weighted by Crippen LogP contribution is 2.17. The molecule has 1 rings (SSSR count). The van der Waals surface area contributed by atoms with Crippen molar-refractivity contribution in [2.24, 2.45) is 7.05 Å². The summed E-state index contributed by atoms with van der Waals surface area (Å²) in [6.07, 6.45) is -0.579. The van der Waals surface area contributed by atoms with E-state index >= 15 is 0 Å². The topological polar surface area (TPSA) is 29.9 Å². The molecule has 1 aromatic rings. The first-order chi connectivity index (χ1) is 6.97. The molecule has 1 heterocycles. The highest BCUT2D eigenvalue weighted by Gasteiger charge is 2.25. The number of nitrogens with zero attached hydrogens (tertiary/aromatic N) is 2. The van der Waals surface area contributed by atoms with Crippen molar-refractivity contribution in [1.29, 1.82) is 0 Å². The van der Waals surface area contributed by atoms with Crippen LogP contribution in [0, 0.1) is 0 Å². The highest BCUT2D eigenvalue weighted by atomic mass is 19.4. The molecule has 0 bridgehead atoms. The second kappa shape index (κ2) is 5.16. The molecular formula is C9H14F3N3. The van der Waals surface area contributed by atoms with Crippen molar-refractivity contribution in [2.75, 3.05) is 13.1 Å². The van der Waals surface area contributed by atoms with Crippen molar-refractivity contribution in [3.63, 3.8) is 0 Å². The molecule has 0 aliphatic carbocycles. The van der Waals surface area contributed by atoms with Crippen molar-refractivity contribution in [1.82, 2.24) is 15.1 Å². The lowest BCUT2D eigenvalue weighted by atomic mass is 10.2. The largest absolute Gasteiger partial charge is 0.390 e. The molecule has 0 unspecified atom stereocenters. The molecule has 0 spiro atoms. The van der Waals surface area contributed by atoms with Crippen LogP contribution in [0.5, 0.6) is 0 Å². The summed E-state index contributed by atoms with van der Waals surface area (Å²) in [5, 5.41) is 6.71. The normalized spacial score (nSPS) is 12.0. The fourth-order valence-corrected chi connectivity index (χ4v) is 1.19. The van der Waals surface area contributed by atoms with Gasteiger partial charge >= 0.3 is 6.18 Å². The Balaban J connectivity index is 2.07. The predicted octanol–water partition coefficient (Wildman–Crippen LogP) is 1.50. The lowest BCUT2D eigenvalue weighted by molar-refractivity contribution is -0.133. The summed E-state index contributed by atoms with van der Waals surface area (Å²) in [5.41, 5.74) is 1.03. The zero-order valence-electron chi connectivity index (χ0n) is 8.51. The molecule has 0 aliphatic rings. The van der Waals surface area contributed by atoms with Gasteiger partial charge in [0.2, 0.25) is 0 Å². The second-order valence-electron chi connectivity index (χ2n) is 3.39. The van der Waals surface area contributed by atoms with Crippen molar-refractivity contribution in [2.45, 2.75) is 19.0 Å². The number of nitrogens with one attached hydrogen (secondary N) is 1. The monoisotopic (exact) mass is 221 g/mol. The lowest BCUT2D eigenvalue weighted by Gasteiger charge is -2.06. The quantitative estimate of drug-likeness (QED) is 0.764. The third-order valence-corrected chi connectivity index (χ3v) is 1.93. The minimum atomic E-state index is -4.07. The standard InChI is InChI=1S/C9H14F3N3/c1-15-7-8(6-14-15)2-4-13-5-3-9(10,11)12/h6-7,13H,2-5H2,1H3. The smallest absolute Gasteiger partial charge is 0.316 e. The number of aryl methyl sites for hydroxylation is 1. The molecule has 0 amide bonds. The highest BCUT2D eigenvalue weighted by molar-refractivity contribution is 5.03. The van der Waals surface area contributed by atoms with Gasteiger partial charge in [-0.1, -0.05) is 0 Å². The molecule has 1 N–H and O–H groups in total. The third-order valence-electron chi connectivity index (χ3n) is 1.93. The summed E-state index contributed by atoms with van der Waals surface area (Å²) in [5.74, 6) is 0. The van der Waals surface area contributed by atoms with Gasteiger partial charge in [-0.15, -0.1) is 0 Å². The minimum absolute atomic E-state index is 0.0240. The fourth-order valence-electron chi connectivity index (χ4n) is 1.19. The summed E-state index contributed by atoms with van der Waals surface area (Å²) in [6.45, 7) is 0.519. The zero-order chi connectivity index (χ0) is 11.3. The van der Waals surface area contributed by atoms with E-state index in [2.05, 4.69) is 10.4 Å². The predicted molar refractivity (Wildman–Crippen MR) is 50.5 cm³/mol. The molecule has 6 heteroatoms. The molecule has 0 saturated carbocycles. The maximum atomic E-state index is 11.8. The zero-order valence-corrected chi connectivity index (χ0v) is 8.51. The number of hydrogen-bond acceptors (Lipinski definition) is 2. The van der Waals surface area contributed by atoms with E-state index in [4.69, 9.17) is 0 Å². The molecule has 0 aliphatic heterocycles. The fraction of sp³-hybridized carbons (Fsp3) is 0.667. The van der Waals surface area contributed by atoms with Gasteiger partial charge in [-0.25, -0.2) is 0 Å². The minimum Gasteiger partial charge on any atom is -0.316 e. The first-order valence-corrected chi connectivity index (χ1v) is 4.72. The number of hydrogen-bond donors (Lipinski definition) is 1. The number of halogens is 3. The molecule has 1 aromatic heterocycles. The summed E-state index contributed by atoms with van der Waals surface area (Å²) in [6, 6.07) is 0. The van der Waals surface area contributed by atoms with Crippen LogP contribution in [0.1, 0.15) is 12.0 Å². The van der Waals surface area contributed by atoms with Crippen LogP contribution >= 0.6 is 0 Å². The Morgan fingerprint density at radius 2 is 2.13 bits per heavy atom. The summed E-state index contributed by atoms with van der Waals surface area (Å²) >= 11 is 0. The molecule has 0 fully saturated rings. The average molecular weight is 221 g/mol. The van der Waals surface area contributed by atoms with Crippen LogP contribution in [-0.4, -0.2) is 29.0 Å². The van der Waals surface area contributed by atoms with Gasteiger partial charge in [-0.2, -0.15) is 18.3 Å². The molecule has 0 radical (unpaired) electrons. The van der Waals surface area contributed by atoms with Crippen LogP contribution in [0.25, 0.3) is 0 Å². The van der Waals surface area contributed by atoms with Gasteiger partial charge in [-0.05, 0) is 18.5 Å². The van der Waals surface area contributed by atoms with Crippen molar-refractivity contribution < 1.29 is 13.2 Å². The van der Waals surface area contributed by atoms with Crippen molar-refractivity contribution >= 4 is 0 Å². The van der Waals surface area contributed by atoms with Crippen molar-refractivity contribution in [3.8, 4) is 0 Å². The van der Waals surface area contributed by atoms with Gasteiger partial charge in [0.25, 0.3) is 0 Å². The van der Waals surface area contributed by atoms with Gasteiger partial charge in [0, 0.05) is 19.8 Å². The van der Waals surface area contributed by atoms with E-state index in [9.17, 15) is 13.2 Å². The Bertz CT molecular complexity index is 293. The third kappa shape index (κ3) is 5.41. The van der Waals surface area contributed by atoms with Crippen LogP contribution in [0.2, 0.25) is 0 Å². The van der Waals surface area contributed by atoms with Crippen LogP contribution in [-0.2, 0) is 13.5 Å². The van der Waals surface area contributed by atoms with Crippen LogP contribution in [0.15, 0.2) is 12.4 Å². The Kier molecular flexibility index (Phi) is 4.14. The van der Waals surface area contributed by atoms with Crippen LogP contribution < -0.4 is 5.32 Å². The molecule has 86 valence electrons. The van der Waals surface area contributed by atoms with Crippen molar-refractivity contribution in [3.05, 3.63) is 18.0 Å². The van der Waals surface area contributed by atoms with E-state index < -0.39 is 12.6 Å². The van der Waals surface area contributed by atoms with Gasteiger partial charge in [-0.3, -0.25) is 4.68 Å². The second-order valence-corrected chi connectivity index (χ2v) is 3.39. The molecule has 0 atom stereocenters. The molecule has 0 aromatic carbocycles. The summed E-state index contributed by atoms with van der Waals surface area (Å²) < 4.78 is 36.9. The van der Waals surface area contributed by atoms with Gasteiger partial charge in [0.05, 0.1) is 12.6 Å². The first-order valence-electron chi connectivity index (χ1n) is 4.72. The van der Waals surface area contributed by atoms with E-state index in [-0.39, 0.29) is 6.54 Å². The molecular weight excluding hydrogens is 207 g/mol. The molecule has 0 saturated heterocycles. The number of rotatable bonds is 5. The van der Waals surface area contributed by atoms with E-state index in [0.29, 0.717) is 13.0 Å². The van der Waals surface area contributed by atoms with E-state index in [1.807, 2.05) is 6.20 Å². The van der Waals surface area contributed by atoms with E-state index in [1.165, 1.54) is 0 Å². The van der Waals surface area contributed by atoms with Crippen LogP contribution in [0.4, 0.5) is 13.2 Å². The lowest BCUT2D eigenvalue weighted by Crippen LogP contribution is -2.23. The summed E-state index contributed by atoms with van der Waals surface area (Å²) in [4.78, 5) is 0. The average Bonchev–Trinajstić information content (AvgIpc) is 2.49. The Morgan fingerprint density at radius 3 is 2.67 bits per heavy atom. The Morgan fingerprint density at radius 1 is 1.40 bits per heavy atom. The Hall–Kier alpha value is -1.04. The number of aromatic nitrogens is 2. The summed E-state index contributed by atoms with van der Waals surface area (Å²) in [7, 11) is 1.81. The van der Waals surface area contributed by atoms with Gasteiger partial charge in [0.15, 0.2) is 0 Å². The SMILES string of the molecule is Cn1cc(CCNCCC(F)(F)F)cn1. The number of alkyl halides is 3. The van der Waals surface area contributed by atoms with Gasteiger partial charge in [0.1, 0.15) is 0 Å². The van der Waals surface area contributed by atoms with Crippen LogP contribution in [0.3, 0.4) is 0 Å². The first kappa shape index (κ1) is 12.0. The maximum absolute atomic E-state index is 11.8. The maximum Gasteiger partial charge on any atom is 0.390 e.